The summed E-state index contributed by atoms with van der Waals surface area (Å²) in [6, 6.07) is 4.81. The first kappa shape index (κ1) is 15.4. The van der Waals surface area contributed by atoms with Crippen LogP contribution in [0, 0.1) is 5.82 Å². The van der Waals surface area contributed by atoms with Gasteiger partial charge in [-0.15, -0.1) is 0 Å². The van der Waals surface area contributed by atoms with Gasteiger partial charge in [0.05, 0.1) is 0 Å². The van der Waals surface area contributed by atoms with Crippen LogP contribution in [0.3, 0.4) is 0 Å². The van der Waals surface area contributed by atoms with Crippen molar-refractivity contribution in [3.05, 3.63) is 34.6 Å². The molecular weight excluding hydrogens is 251 g/mol. The number of rotatable bonds is 5. The summed E-state index contributed by atoms with van der Waals surface area (Å²) in [6.45, 7) is 4.34. The molecule has 1 atom stereocenters. The monoisotopic (exact) mass is 272 g/mol. The first-order chi connectivity index (χ1) is 8.28. The van der Waals surface area contributed by atoms with Gasteiger partial charge in [-0.05, 0) is 59.1 Å². The van der Waals surface area contributed by atoms with Crippen LogP contribution in [-0.2, 0) is 6.42 Å². The zero-order valence-corrected chi connectivity index (χ0v) is 12.5. The Balaban J connectivity index is 2.93. The van der Waals surface area contributed by atoms with Crippen molar-refractivity contribution in [1.82, 2.24) is 10.2 Å². The molecule has 18 heavy (non-hydrogen) atoms. The summed E-state index contributed by atoms with van der Waals surface area (Å²) in [5.41, 5.74) is 0.944. The molecule has 0 fully saturated rings. The Morgan fingerprint density at radius 1 is 1.39 bits per heavy atom. The molecule has 1 aromatic carbocycles. The lowest BCUT2D eigenvalue weighted by Gasteiger charge is -2.40. The number of nitrogens with zero attached hydrogens (tertiary/aromatic N) is 1. The van der Waals surface area contributed by atoms with E-state index in [1.165, 1.54) is 12.1 Å². The van der Waals surface area contributed by atoms with Crippen LogP contribution in [0.2, 0.25) is 5.02 Å². The van der Waals surface area contributed by atoms with E-state index in [1.54, 1.807) is 6.07 Å². The Morgan fingerprint density at radius 3 is 2.44 bits per heavy atom. The van der Waals surface area contributed by atoms with Gasteiger partial charge < -0.3 is 10.2 Å². The maximum atomic E-state index is 13.0. The van der Waals surface area contributed by atoms with Gasteiger partial charge >= 0.3 is 0 Å². The van der Waals surface area contributed by atoms with Gasteiger partial charge in [-0.3, -0.25) is 0 Å². The van der Waals surface area contributed by atoms with Crippen LogP contribution in [0.1, 0.15) is 19.4 Å². The van der Waals surface area contributed by atoms with Gasteiger partial charge in [0.1, 0.15) is 5.82 Å². The average Bonchev–Trinajstić information content (AvgIpc) is 2.27. The van der Waals surface area contributed by atoms with Crippen molar-refractivity contribution in [3.8, 4) is 0 Å². The molecular formula is C14H22ClFN2. The second kappa shape index (κ2) is 6.00. The van der Waals surface area contributed by atoms with Crippen molar-refractivity contribution >= 4 is 11.6 Å². The fraction of sp³-hybridized carbons (Fsp3) is 0.571. The van der Waals surface area contributed by atoms with Crippen molar-refractivity contribution in [2.45, 2.75) is 31.8 Å². The van der Waals surface area contributed by atoms with E-state index >= 15 is 0 Å². The van der Waals surface area contributed by atoms with Crippen LogP contribution in [0.5, 0.6) is 0 Å². The van der Waals surface area contributed by atoms with Crippen LogP contribution in [-0.4, -0.2) is 37.6 Å². The van der Waals surface area contributed by atoms with E-state index < -0.39 is 0 Å². The van der Waals surface area contributed by atoms with E-state index in [0.29, 0.717) is 5.02 Å². The Bertz CT molecular complexity index is 405. The topological polar surface area (TPSA) is 15.3 Å². The van der Waals surface area contributed by atoms with Gasteiger partial charge in [0.2, 0.25) is 0 Å². The second-order valence-electron chi connectivity index (χ2n) is 5.33. The van der Waals surface area contributed by atoms with Crippen LogP contribution in [0.4, 0.5) is 4.39 Å². The highest BCUT2D eigenvalue weighted by atomic mass is 35.5. The summed E-state index contributed by atoms with van der Waals surface area (Å²) in [4.78, 5) is 2.17. The van der Waals surface area contributed by atoms with Crippen molar-refractivity contribution in [1.29, 1.82) is 0 Å². The smallest absolute Gasteiger partial charge is 0.124 e. The summed E-state index contributed by atoms with van der Waals surface area (Å²) in [5.74, 6) is -0.295. The molecule has 0 saturated carbocycles. The lowest BCUT2D eigenvalue weighted by Crippen LogP contribution is -2.55. The number of likely N-dealkylation sites (N-methyl/N-ethyl adjacent to an activating group) is 2. The van der Waals surface area contributed by atoms with Crippen LogP contribution in [0.15, 0.2) is 18.2 Å². The SMILES string of the molecule is CNC(Cc1ccc(F)cc1Cl)C(C)(C)N(C)C. The molecule has 0 spiro atoms. The molecule has 1 unspecified atom stereocenters. The molecule has 4 heteroatoms. The molecule has 0 amide bonds. The molecule has 102 valence electrons. The van der Waals surface area contributed by atoms with Gasteiger partial charge in [0, 0.05) is 16.6 Å². The minimum atomic E-state index is -0.295. The largest absolute Gasteiger partial charge is 0.315 e. The van der Waals surface area contributed by atoms with Crippen molar-refractivity contribution in [2.75, 3.05) is 21.1 Å². The lowest BCUT2D eigenvalue weighted by molar-refractivity contribution is 0.141. The first-order valence-electron chi connectivity index (χ1n) is 6.07. The predicted molar refractivity (Wildman–Crippen MR) is 75.7 cm³/mol. The molecule has 0 aliphatic carbocycles. The molecule has 1 rings (SSSR count). The van der Waals surface area contributed by atoms with E-state index in [4.69, 9.17) is 11.6 Å². The Morgan fingerprint density at radius 2 is 2.00 bits per heavy atom. The standard InChI is InChI=1S/C14H22ClFN2/c1-14(2,18(4)5)13(17-3)8-10-6-7-11(16)9-12(10)15/h6-7,9,13,17H,8H2,1-5H3. The maximum Gasteiger partial charge on any atom is 0.124 e. The number of halogens is 2. The van der Waals surface area contributed by atoms with Gasteiger partial charge in [-0.2, -0.15) is 0 Å². The van der Waals surface area contributed by atoms with Crippen LogP contribution < -0.4 is 5.32 Å². The summed E-state index contributed by atoms with van der Waals surface area (Å²) in [6.07, 6.45) is 0.765. The molecule has 0 aromatic heterocycles. The van der Waals surface area contributed by atoms with Gasteiger partial charge in [0.25, 0.3) is 0 Å². The highest BCUT2D eigenvalue weighted by Crippen LogP contribution is 2.24. The molecule has 0 aliphatic rings. The van der Waals surface area contributed by atoms with E-state index in [1.807, 2.05) is 7.05 Å². The van der Waals surface area contributed by atoms with E-state index in [2.05, 4.69) is 38.2 Å². The Hall–Kier alpha value is -0.640. The first-order valence-corrected chi connectivity index (χ1v) is 6.45. The summed E-state index contributed by atoms with van der Waals surface area (Å²) >= 11 is 6.08. The number of hydrogen-bond acceptors (Lipinski definition) is 2. The van der Waals surface area contributed by atoms with Gasteiger partial charge in [-0.1, -0.05) is 17.7 Å². The van der Waals surface area contributed by atoms with E-state index in [9.17, 15) is 4.39 Å². The molecule has 0 heterocycles. The van der Waals surface area contributed by atoms with Gasteiger partial charge in [0.15, 0.2) is 0 Å². The lowest BCUT2D eigenvalue weighted by atomic mass is 9.88. The number of benzene rings is 1. The van der Waals surface area contributed by atoms with Gasteiger partial charge in [-0.25, -0.2) is 4.39 Å². The molecule has 2 nitrogen and oxygen atoms in total. The molecule has 0 saturated heterocycles. The van der Waals surface area contributed by atoms with Crippen LogP contribution >= 0.6 is 11.6 Å². The maximum absolute atomic E-state index is 13.0. The third-order valence-electron chi connectivity index (χ3n) is 3.79. The summed E-state index contributed by atoms with van der Waals surface area (Å²) in [7, 11) is 6.04. The predicted octanol–water partition coefficient (Wildman–Crippen LogP) is 2.95. The quantitative estimate of drug-likeness (QED) is 0.887. The van der Waals surface area contributed by atoms with Crippen molar-refractivity contribution < 1.29 is 4.39 Å². The van der Waals surface area contributed by atoms with Crippen LogP contribution in [0.25, 0.3) is 0 Å². The Kier molecular flexibility index (Phi) is 5.14. The normalized spacial score (nSPS) is 14.0. The average molecular weight is 273 g/mol. The fourth-order valence-electron chi connectivity index (χ4n) is 1.92. The minimum absolute atomic E-state index is 0.0214. The summed E-state index contributed by atoms with van der Waals surface area (Å²) < 4.78 is 13.0. The van der Waals surface area contributed by atoms with Crippen molar-refractivity contribution in [3.63, 3.8) is 0 Å². The van der Waals surface area contributed by atoms with Crippen molar-refractivity contribution in [2.24, 2.45) is 0 Å². The number of nitrogens with one attached hydrogen (secondary N) is 1. The molecule has 0 bridgehead atoms. The highest BCUT2D eigenvalue weighted by Gasteiger charge is 2.30. The fourth-order valence-corrected chi connectivity index (χ4v) is 2.17. The van der Waals surface area contributed by atoms with E-state index in [0.717, 1.165) is 12.0 Å². The zero-order chi connectivity index (χ0) is 13.9. The van der Waals surface area contributed by atoms with E-state index in [-0.39, 0.29) is 17.4 Å². The molecule has 0 aliphatic heterocycles. The minimum Gasteiger partial charge on any atom is -0.315 e. The Labute approximate surface area is 114 Å². The third kappa shape index (κ3) is 3.44. The third-order valence-corrected chi connectivity index (χ3v) is 4.14. The molecule has 1 aromatic rings. The zero-order valence-electron chi connectivity index (χ0n) is 11.7. The summed E-state index contributed by atoms with van der Waals surface area (Å²) in [5, 5.41) is 3.81. The second-order valence-corrected chi connectivity index (χ2v) is 5.74. The highest BCUT2D eigenvalue weighted by molar-refractivity contribution is 6.31. The molecule has 1 N–H and O–H groups in total. The number of hydrogen-bond donors (Lipinski definition) is 1. The molecule has 0 radical (unpaired) electrons.